The van der Waals surface area contributed by atoms with Crippen LogP contribution in [0.15, 0.2) is 18.2 Å². The summed E-state index contributed by atoms with van der Waals surface area (Å²) in [4.78, 5) is 0. The summed E-state index contributed by atoms with van der Waals surface area (Å²) >= 11 is 0. The first kappa shape index (κ1) is 12.4. The van der Waals surface area contributed by atoms with Crippen LogP contribution in [-0.2, 0) is 5.54 Å². The molecule has 0 radical (unpaired) electrons. The molecule has 17 heavy (non-hydrogen) atoms. The van der Waals surface area contributed by atoms with Crippen molar-refractivity contribution >= 4 is 0 Å². The van der Waals surface area contributed by atoms with Crippen molar-refractivity contribution in [1.29, 1.82) is 0 Å². The zero-order valence-corrected chi connectivity index (χ0v) is 10.5. The van der Waals surface area contributed by atoms with Gasteiger partial charge in [0, 0.05) is 11.1 Å². The molecule has 2 unspecified atom stereocenters. The Hall–Kier alpha value is -1.09. The van der Waals surface area contributed by atoms with Crippen molar-refractivity contribution in [3.05, 3.63) is 29.6 Å². The van der Waals surface area contributed by atoms with E-state index in [0.29, 0.717) is 11.5 Å². The molecule has 1 aromatic rings. The molecular weight excluding hydrogens is 217 g/mol. The smallest absolute Gasteiger partial charge is 0.170 e. The Balaban J connectivity index is 2.38. The Labute approximate surface area is 102 Å². The van der Waals surface area contributed by atoms with E-state index in [1.165, 1.54) is 13.5 Å². The van der Waals surface area contributed by atoms with Crippen LogP contribution in [0.3, 0.4) is 0 Å². The second kappa shape index (κ2) is 4.65. The summed E-state index contributed by atoms with van der Waals surface area (Å²) in [5, 5.41) is 0. The van der Waals surface area contributed by atoms with Crippen molar-refractivity contribution in [1.82, 2.24) is 0 Å². The van der Waals surface area contributed by atoms with Crippen LogP contribution < -0.4 is 10.5 Å². The van der Waals surface area contributed by atoms with Crippen LogP contribution in [0.4, 0.5) is 4.39 Å². The van der Waals surface area contributed by atoms with E-state index in [1.807, 2.05) is 6.07 Å². The molecule has 0 saturated heterocycles. The quantitative estimate of drug-likeness (QED) is 0.857. The van der Waals surface area contributed by atoms with Crippen molar-refractivity contribution < 1.29 is 9.13 Å². The highest BCUT2D eigenvalue weighted by atomic mass is 19.1. The largest absolute Gasteiger partial charge is 0.494 e. The standard InChI is InChI=1S/C14H20FNO/c1-10-5-4-8-14(16,9-10)11-6-3-7-12(17-2)13(11)15/h3,6-7,10H,4-5,8-9,16H2,1-2H3. The van der Waals surface area contributed by atoms with Gasteiger partial charge < -0.3 is 10.5 Å². The van der Waals surface area contributed by atoms with Crippen molar-refractivity contribution in [2.24, 2.45) is 11.7 Å². The number of methoxy groups -OCH3 is 1. The third-order valence-electron chi connectivity index (χ3n) is 3.75. The first-order valence-corrected chi connectivity index (χ1v) is 6.19. The molecule has 0 spiro atoms. The number of hydrogen-bond acceptors (Lipinski definition) is 2. The van der Waals surface area contributed by atoms with Crippen molar-refractivity contribution in [3.63, 3.8) is 0 Å². The van der Waals surface area contributed by atoms with Crippen molar-refractivity contribution in [2.45, 2.75) is 38.1 Å². The molecule has 2 N–H and O–H groups in total. The molecule has 1 saturated carbocycles. The highest BCUT2D eigenvalue weighted by molar-refractivity contribution is 5.35. The number of benzene rings is 1. The molecule has 0 aliphatic heterocycles. The second-order valence-corrected chi connectivity index (χ2v) is 5.18. The Morgan fingerprint density at radius 2 is 2.24 bits per heavy atom. The van der Waals surface area contributed by atoms with Crippen LogP contribution in [0.1, 0.15) is 38.2 Å². The van der Waals surface area contributed by atoms with Crippen LogP contribution in [-0.4, -0.2) is 7.11 Å². The van der Waals surface area contributed by atoms with E-state index in [1.54, 1.807) is 12.1 Å². The van der Waals surface area contributed by atoms with E-state index >= 15 is 0 Å². The van der Waals surface area contributed by atoms with Gasteiger partial charge >= 0.3 is 0 Å². The molecule has 0 heterocycles. The molecule has 2 rings (SSSR count). The van der Waals surface area contributed by atoms with Crippen LogP contribution in [0, 0.1) is 11.7 Å². The van der Waals surface area contributed by atoms with Gasteiger partial charge in [0.1, 0.15) is 0 Å². The van der Waals surface area contributed by atoms with Gasteiger partial charge in [-0.2, -0.15) is 0 Å². The number of hydrogen-bond donors (Lipinski definition) is 1. The van der Waals surface area contributed by atoms with Gasteiger partial charge in [-0.25, -0.2) is 4.39 Å². The average molecular weight is 237 g/mol. The molecule has 3 heteroatoms. The third-order valence-corrected chi connectivity index (χ3v) is 3.75. The predicted octanol–water partition coefficient (Wildman–Crippen LogP) is 3.20. The van der Waals surface area contributed by atoms with Crippen molar-refractivity contribution in [3.8, 4) is 5.75 Å². The normalized spacial score (nSPS) is 29.1. The lowest BCUT2D eigenvalue weighted by molar-refractivity contribution is 0.231. The molecule has 2 atom stereocenters. The Bertz CT molecular complexity index is 407. The summed E-state index contributed by atoms with van der Waals surface area (Å²) < 4.78 is 19.2. The summed E-state index contributed by atoms with van der Waals surface area (Å²) in [6, 6.07) is 5.23. The number of ether oxygens (including phenoxy) is 1. The van der Waals surface area contributed by atoms with Gasteiger partial charge in [0.15, 0.2) is 11.6 Å². The fourth-order valence-corrected chi connectivity index (χ4v) is 2.89. The summed E-state index contributed by atoms with van der Waals surface area (Å²) in [6.07, 6.45) is 3.94. The van der Waals surface area contributed by atoms with Gasteiger partial charge in [-0.15, -0.1) is 0 Å². The fraction of sp³-hybridized carbons (Fsp3) is 0.571. The van der Waals surface area contributed by atoms with Crippen LogP contribution in [0.5, 0.6) is 5.75 Å². The highest BCUT2D eigenvalue weighted by Crippen LogP contribution is 2.40. The Morgan fingerprint density at radius 3 is 2.88 bits per heavy atom. The number of halogens is 1. The number of rotatable bonds is 2. The molecule has 1 aromatic carbocycles. The van der Waals surface area contributed by atoms with Gasteiger partial charge in [0.25, 0.3) is 0 Å². The molecule has 1 fully saturated rings. The lowest BCUT2D eigenvalue weighted by Crippen LogP contribution is -2.41. The van der Waals surface area contributed by atoms with Crippen LogP contribution >= 0.6 is 0 Å². The van der Waals surface area contributed by atoms with Crippen molar-refractivity contribution in [2.75, 3.05) is 7.11 Å². The van der Waals surface area contributed by atoms with E-state index in [0.717, 1.165) is 19.3 Å². The van der Waals surface area contributed by atoms with E-state index < -0.39 is 5.54 Å². The van der Waals surface area contributed by atoms with E-state index in [-0.39, 0.29) is 11.6 Å². The monoisotopic (exact) mass is 237 g/mol. The predicted molar refractivity (Wildman–Crippen MR) is 66.4 cm³/mol. The van der Waals surface area contributed by atoms with Crippen LogP contribution in [0.25, 0.3) is 0 Å². The molecule has 1 aliphatic carbocycles. The van der Waals surface area contributed by atoms with E-state index in [2.05, 4.69) is 6.92 Å². The van der Waals surface area contributed by atoms with Gasteiger partial charge in [0.05, 0.1) is 7.11 Å². The molecule has 2 nitrogen and oxygen atoms in total. The molecule has 1 aliphatic rings. The van der Waals surface area contributed by atoms with E-state index in [4.69, 9.17) is 10.5 Å². The minimum Gasteiger partial charge on any atom is -0.494 e. The fourth-order valence-electron chi connectivity index (χ4n) is 2.89. The molecule has 94 valence electrons. The minimum atomic E-state index is -0.531. The first-order valence-electron chi connectivity index (χ1n) is 6.19. The maximum Gasteiger partial charge on any atom is 0.170 e. The average Bonchev–Trinajstić information content (AvgIpc) is 2.28. The molecular formula is C14H20FNO. The lowest BCUT2D eigenvalue weighted by Gasteiger charge is -2.37. The van der Waals surface area contributed by atoms with E-state index in [9.17, 15) is 4.39 Å². The minimum absolute atomic E-state index is 0.283. The SMILES string of the molecule is COc1cccc(C2(N)CCCC(C)C2)c1F. The number of nitrogens with two attached hydrogens (primary N) is 1. The molecule has 0 amide bonds. The Kier molecular flexibility index (Phi) is 3.38. The zero-order valence-electron chi connectivity index (χ0n) is 10.5. The molecule has 0 bridgehead atoms. The topological polar surface area (TPSA) is 35.2 Å². The lowest BCUT2D eigenvalue weighted by atomic mass is 9.73. The highest BCUT2D eigenvalue weighted by Gasteiger charge is 2.35. The van der Waals surface area contributed by atoms with Gasteiger partial charge in [-0.05, 0) is 24.8 Å². The summed E-state index contributed by atoms with van der Waals surface area (Å²) in [5.41, 5.74) is 6.47. The Morgan fingerprint density at radius 1 is 1.47 bits per heavy atom. The summed E-state index contributed by atoms with van der Waals surface area (Å²) in [5.74, 6) is 0.538. The summed E-state index contributed by atoms with van der Waals surface area (Å²) in [7, 11) is 1.48. The second-order valence-electron chi connectivity index (χ2n) is 5.18. The first-order chi connectivity index (χ1) is 8.07. The van der Waals surface area contributed by atoms with Gasteiger partial charge in [-0.1, -0.05) is 31.9 Å². The van der Waals surface area contributed by atoms with Gasteiger partial charge in [0.2, 0.25) is 0 Å². The zero-order chi connectivity index (χ0) is 12.5. The maximum atomic E-state index is 14.2. The molecule has 0 aromatic heterocycles. The van der Waals surface area contributed by atoms with Crippen LogP contribution in [0.2, 0.25) is 0 Å². The summed E-state index contributed by atoms with van der Waals surface area (Å²) in [6.45, 7) is 2.18. The third kappa shape index (κ3) is 2.29. The van der Waals surface area contributed by atoms with Gasteiger partial charge in [-0.3, -0.25) is 0 Å². The maximum absolute atomic E-state index is 14.2.